The summed E-state index contributed by atoms with van der Waals surface area (Å²) in [6.07, 6.45) is 1.01. The van der Waals surface area contributed by atoms with E-state index in [0.29, 0.717) is 0 Å². The summed E-state index contributed by atoms with van der Waals surface area (Å²) in [5, 5.41) is 2.83. The van der Waals surface area contributed by atoms with Gasteiger partial charge in [0.15, 0.2) is 0 Å². The fourth-order valence-electron chi connectivity index (χ4n) is 1.93. The topological polar surface area (TPSA) is 29.1 Å². The molecule has 0 unspecified atom stereocenters. The Morgan fingerprint density at radius 2 is 1.88 bits per heavy atom. The van der Waals surface area contributed by atoms with Gasteiger partial charge in [0.1, 0.15) is 6.54 Å². The fraction of sp³-hybridized carbons (Fsp3) is 0.500. The van der Waals surface area contributed by atoms with Gasteiger partial charge in [-0.25, -0.2) is 0 Å². The molecular weight excluding hydrogens is 212 g/mol. The van der Waals surface area contributed by atoms with Crippen LogP contribution in [0.5, 0.6) is 0 Å². The van der Waals surface area contributed by atoms with Gasteiger partial charge in [-0.2, -0.15) is 0 Å². The third-order valence-electron chi connectivity index (χ3n) is 2.77. The third kappa shape index (κ3) is 6.07. The van der Waals surface area contributed by atoms with Gasteiger partial charge in [-0.05, 0) is 0 Å². The largest absolute Gasteiger partial charge is 0.356 e. The first-order valence-electron chi connectivity index (χ1n) is 6.10. The molecule has 0 aliphatic heterocycles. The maximum atomic E-state index is 10.7. The van der Waals surface area contributed by atoms with Crippen molar-refractivity contribution in [3.8, 4) is 0 Å². The maximum Gasteiger partial charge on any atom is 0.216 e. The molecule has 0 spiro atoms. The van der Waals surface area contributed by atoms with Gasteiger partial charge < -0.3 is 9.80 Å². The lowest BCUT2D eigenvalue weighted by Crippen LogP contribution is -2.40. The zero-order valence-corrected chi connectivity index (χ0v) is 11.1. The first-order chi connectivity index (χ1) is 7.99. The Hall–Kier alpha value is -1.35. The molecule has 1 aromatic rings. The average molecular weight is 235 g/mol. The highest BCUT2D eigenvalue weighted by Crippen LogP contribution is 2.09. The number of rotatable bonds is 6. The van der Waals surface area contributed by atoms with Crippen LogP contribution in [0, 0.1) is 0 Å². The predicted octanol–water partition coefficient (Wildman–Crippen LogP) is 1.79. The molecule has 0 saturated heterocycles. The summed E-state index contributed by atoms with van der Waals surface area (Å²) in [4.78, 5) is 10.7. The summed E-state index contributed by atoms with van der Waals surface area (Å²) < 4.78 is 0.948. The second-order valence-electron chi connectivity index (χ2n) is 5.14. The molecule has 0 fully saturated rings. The molecule has 0 atom stereocenters. The minimum Gasteiger partial charge on any atom is -0.356 e. The number of amides is 1. The van der Waals surface area contributed by atoms with Crippen molar-refractivity contribution in [3.05, 3.63) is 35.9 Å². The monoisotopic (exact) mass is 235 g/mol. The normalized spacial score (nSPS) is 11.2. The molecule has 1 N–H and O–H groups in total. The van der Waals surface area contributed by atoms with Crippen molar-refractivity contribution in [2.24, 2.45) is 0 Å². The van der Waals surface area contributed by atoms with Crippen molar-refractivity contribution in [2.45, 2.75) is 19.9 Å². The van der Waals surface area contributed by atoms with Gasteiger partial charge in [0.2, 0.25) is 5.91 Å². The van der Waals surface area contributed by atoms with Crippen LogP contribution in [0.4, 0.5) is 0 Å². The minimum absolute atomic E-state index is 0.0540. The summed E-state index contributed by atoms with van der Waals surface area (Å²) >= 11 is 0. The molecular formula is C14H23N2O+. The highest BCUT2D eigenvalue weighted by Gasteiger charge is 2.14. The first kappa shape index (κ1) is 13.7. The molecule has 0 aliphatic carbocycles. The van der Waals surface area contributed by atoms with E-state index < -0.39 is 0 Å². The lowest BCUT2D eigenvalue weighted by molar-refractivity contribution is -0.903. The van der Waals surface area contributed by atoms with E-state index >= 15 is 0 Å². The van der Waals surface area contributed by atoms with Crippen LogP contribution in [0.15, 0.2) is 30.3 Å². The lowest BCUT2D eigenvalue weighted by atomic mass is 10.2. The molecule has 0 radical (unpaired) electrons. The van der Waals surface area contributed by atoms with E-state index in [4.69, 9.17) is 0 Å². The molecule has 1 rings (SSSR count). The van der Waals surface area contributed by atoms with Crippen LogP contribution in [0.1, 0.15) is 18.9 Å². The Balaban J connectivity index is 2.33. The average Bonchev–Trinajstić information content (AvgIpc) is 2.25. The second-order valence-corrected chi connectivity index (χ2v) is 5.14. The molecule has 0 bridgehead atoms. The van der Waals surface area contributed by atoms with Crippen LogP contribution in [0.2, 0.25) is 0 Å². The SMILES string of the molecule is CC(=O)NCCC[N+](C)(C)Cc1ccccc1. The fourth-order valence-corrected chi connectivity index (χ4v) is 1.93. The molecule has 3 nitrogen and oxygen atoms in total. The van der Waals surface area contributed by atoms with Gasteiger partial charge in [0.05, 0.1) is 20.6 Å². The molecule has 1 amide bonds. The van der Waals surface area contributed by atoms with Crippen molar-refractivity contribution in [1.82, 2.24) is 5.32 Å². The van der Waals surface area contributed by atoms with Crippen molar-refractivity contribution in [1.29, 1.82) is 0 Å². The van der Waals surface area contributed by atoms with E-state index in [1.807, 2.05) is 6.07 Å². The minimum atomic E-state index is 0.0540. The first-order valence-corrected chi connectivity index (χ1v) is 6.10. The molecule has 0 heterocycles. The zero-order valence-electron chi connectivity index (χ0n) is 11.1. The summed E-state index contributed by atoms with van der Waals surface area (Å²) in [6.45, 7) is 4.42. The Bertz CT molecular complexity index is 346. The van der Waals surface area contributed by atoms with Crippen LogP contribution < -0.4 is 5.32 Å². The van der Waals surface area contributed by atoms with Crippen molar-refractivity contribution in [2.75, 3.05) is 27.2 Å². The standard InChI is InChI=1S/C14H22N2O/c1-13(17)15-10-7-11-16(2,3)12-14-8-5-4-6-9-14/h4-6,8-9H,7,10-12H2,1-3H3/p+1. The molecule has 94 valence electrons. The smallest absolute Gasteiger partial charge is 0.216 e. The molecule has 1 aromatic carbocycles. The van der Waals surface area contributed by atoms with Gasteiger partial charge in [0.25, 0.3) is 0 Å². The Morgan fingerprint density at radius 3 is 2.47 bits per heavy atom. The molecule has 0 aliphatic rings. The summed E-state index contributed by atoms with van der Waals surface area (Å²) in [5.41, 5.74) is 1.36. The highest BCUT2D eigenvalue weighted by atomic mass is 16.1. The van der Waals surface area contributed by atoms with Crippen LogP contribution in [0.25, 0.3) is 0 Å². The van der Waals surface area contributed by atoms with Crippen LogP contribution in [0.3, 0.4) is 0 Å². The van der Waals surface area contributed by atoms with Crippen LogP contribution >= 0.6 is 0 Å². The van der Waals surface area contributed by atoms with Gasteiger partial charge in [-0.1, -0.05) is 30.3 Å². The lowest BCUT2D eigenvalue weighted by Gasteiger charge is -2.30. The molecule has 17 heavy (non-hydrogen) atoms. The Kier molecular flexibility index (Phi) is 5.16. The van der Waals surface area contributed by atoms with Gasteiger partial charge >= 0.3 is 0 Å². The number of carbonyl (C=O) groups is 1. The number of quaternary nitrogens is 1. The molecule has 0 saturated carbocycles. The quantitative estimate of drug-likeness (QED) is 0.591. The van der Waals surface area contributed by atoms with Gasteiger partial charge in [-0.15, -0.1) is 0 Å². The van der Waals surface area contributed by atoms with E-state index in [1.165, 1.54) is 5.56 Å². The van der Waals surface area contributed by atoms with E-state index in [0.717, 1.165) is 30.5 Å². The third-order valence-corrected chi connectivity index (χ3v) is 2.77. The number of carbonyl (C=O) groups excluding carboxylic acids is 1. The number of benzene rings is 1. The Morgan fingerprint density at radius 1 is 1.24 bits per heavy atom. The van der Waals surface area contributed by atoms with E-state index in [-0.39, 0.29) is 5.91 Å². The van der Waals surface area contributed by atoms with Gasteiger partial charge in [0, 0.05) is 25.5 Å². The van der Waals surface area contributed by atoms with Crippen molar-refractivity contribution >= 4 is 5.91 Å². The van der Waals surface area contributed by atoms with Crippen molar-refractivity contribution in [3.63, 3.8) is 0 Å². The summed E-state index contributed by atoms with van der Waals surface area (Å²) in [6, 6.07) is 10.5. The van der Waals surface area contributed by atoms with E-state index in [1.54, 1.807) is 6.92 Å². The van der Waals surface area contributed by atoms with E-state index in [2.05, 4.69) is 43.7 Å². The molecule has 3 heteroatoms. The summed E-state index contributed by atoms with van der Waals surface area (Å²) in [7, 11) is 4.45. The molecule has 0 aromatic heterocycles. The maximum absolute atomic E-state index is 10.7. The number of hydrogen-bond donors (Lipinski definition) is 1. The number of nitrogens with zero attached hydrogens (tertiary/aromatic N) is 1. The van der Waals surface area contributed by atoms with Crippen LogP contribution in [-0.2, 0) is 11.3 Å². The predicted molar refractivity (Wildman–Crippen MR) is 70.4 cm³/mol. The van der Waals surface area contributed by atoms with Crippen LogP contribution in [-0.4, -0.2) is 37.6 Å². The highest BCUT2D eigenvalue weighted by molar-refractivity contribution is 5.72. The summed E-state index contributed by atoms with van der Waals surface area (Å²) in [5.74, 6) is 0.0540. The number of hydrogen-bond acceptors (Lipinski definition) is 1. The van der Waals surface area contributed by atoms with E-state index in [9.17, 15) is 4.79 Å². The van der Waals surface area contributed by atoms with Crippen molar-refractivity contribution < 1.29 is 9.28 Å². The number of nitrogens with one attached hydrogen (secondary N) is 1. The van der Waals surface area contributed by atoms with Gasteiger partial charge in [-0.3, -0.25) is 4.79 Å². The zero-order chi connectivity index (χ0) is 12.7. The second kappa shape index (κ2) is 6.40. The Labute approximate surface area is 104 Å².